The highest BCUT2D eigenvalue weighted by atomic mass is 32.2. The Morgan fingerprint density at radius 2 is 1.91 bits per heavy atom. The third-order valence-corrected chi connectivity index (χ3v) is 6.00. The quantitative estimate of drug-likeness (QED) is 0.645. The number of aromatic hydroxyl groups is 1. The van der Waals surface area contributed by atoms with Crippen molar-refractivity contribution in [3.05, 3.63) is 53.8 Å². The monoisotopic (exact) mass is 332 g/mol. The summed E-state index contributed by atoms with van der Waals surface area (Å²) in [6.07, 6.45) is 0. The lowest BCUT2D eigenvalue weighted by Gasteiger charge is -2.41. The van der Waals surface area contributed by atoms with E-state index in [0.29, 0.717) is 5.69 Å². The first-order chi connectivity index (χ1) is 10.9. The molecule has 0 bridgehead atoms. The largest absolute Gasteiger partial charge is 0.503 e. The molecule has 1 N–H and O–H groups in total. The standard InChI is InChI=1S/C18H18FNO2S/c1-11(2)20(15-10-13(19)8-9-16(15)21)18(22)12(3)14-6-4-5-7-17(14)23-20/h4-12H,1-3H3/p+1. The topological polar surface area (TPSA) is 37.3 Å². The van der Waals surface area contributed by atoms with Gasteiger partial charge in [0, 0.05) is 6.07 Å². The highest BCUT2D eigenvalue weighted by Crippen LogP contribution is 2.51. The summed E-state index contributed by atoms with van der Waals surface area (Å²) in [5, 5.41) is 10.3. The zero-order chi connectivity index (χ0) is 16.8. The van der Waals surface area contributed by atoms with Crippen molar-refractivity contribution in [3.8, 4) is 5.75 Å². The molecule has 0 aliphatic carbocycles. The first kappa shape index (κ1) is 16.0. The van der Waals surface area contributed by atoms with Crippen LogP contribution in [0.5, 0.6) is 5.75 Å². The van der Waals surface area contributed by atoms with Crippen LogP contribution in [-0.2, 0) is 4.79 Å². The van der Waals surface area contributed by atoms with Crippen LogP contribution in [0.2, 0.25) is 0 Å². The number of halogens is 1. The average Bonchev–Trinajstić information content (AvgIpc) is 2.53. The molecule has 3 nitrogen and oxygen atoms in total. The van der Waals surface area contributed by atoms with Crippen molar-refractivity contribution in [1.29, 1.82) is 0 Å². The molecule has 1 aliphatic heterocycles. The van der Waals surface area contributed by atoms with Gasteiger partial charge in [-0.1, -0.05) is 18.2 Å². The van der Waals surface area contributed by atoms with Crippen molar-refractivity contribution in [3.63, 3.8) is 0 Å². The van der Waals surface area contributed by atoms with Gasteiger partial charge in [0.05, 0.1) is 10.8 Å². The van der Waals surface area contributed by atoms with Gasteiger partial charge in [0.25, 0.3) is 0 Å². The zero-order valence-electron chi connectivity index (χ0n) is 13.3. The number of carbonyl (C=O) groups is 1. The minimum atomic E-state index is -0.462. The fraction of sp³-hybridized carbons (Fsp3) is 0.278. The van der Waals surface area contributed by atoms with Crippen molar-refractivity contribution < 1.29 is 14.3 Å². The summed E-state index contributed by atoms with van der Waals surface area (Å²) in [4.78, 5) is 14.2. The average molecular weight is 332 g/mol. The van der Waals surface area contributed by atoms with E-state index in [9.17, 15) is 14.3 Å². The molecular formula is C18H19FNO2S+. The van der Waals surface area contributed by atoms with E-state index in [4.69, 9.17) is 0 Å². The summed E-state index contributed by atoms with van der Waals surface area (Å²) in [5.74, 6) is -0.898. The molecule has 0 fully saturated rings. The van der Waals surface area contributed by atoms with Crippen molar-refractivity contribution in [2.75, 3.05) is 0 Å². The lowest BCUT2D eigenvalue weighted by atomic mass is 9.98. The number of quaternary nitrogens is 1. The number of hydrogen-bond acceptors (Lipinski definition) is 3. The van der Waals surface area contributed by atoms with Crippen LogP contribution < -0.4 is 3.89 Å². The Labute approximate surface area is 139 Å². The van der Waals surface area contributed by atoms with Crippen LogP contribution in [0.1, 0.15) is 32.3 Å². The van der Waals surface area contributed by atoms with E-state index in [0.717, 1.165) is 10.5 Å². The van der Waals surface area contributed by atoms with Crippen LogP contribution in [0.4, 0.5) is 10.1 Å². The number of phenols is 1. The summed E-state index contributed by atoms with van der Waals surface area (Å²) in [7, 11) is 0. The molecule has 3 rings (SSSR count). The number of fused-ring (bicyclic) bond motifs is 1. The Morgan fingerprint density at radius 3 is 2.61 bits per heavy atom. The van der Waals surface area contributed by atoms with Gasteiger partial charge in [-0.2, -0.15) is 3.89 Å². The summed E-state index contributed by atoms with van der Waals surface area (Å²) in [6.45, 7) is 5.69. The van der Waals surface area contributed by atoms with Crippen molar-refractivity contribution in [1.82, 2.24) is 3.89 Å². The van der Waals surface area contributed by atoms with E-state index in [-0.39, 0.29) is 27.5 Å². The van der Waals surface area contributed by atoms with E-state index in [1.807, 2.05) is 45.0 Å². The molecule has 0 saturated carbocycles. The third-order valence-electron chi connectivity index (χ3n) is 4.35. The fourth-order valence-electron chi connectivity index (χ4n) is 3.11. The maximum atomic E-state index is 13.8. The number of rotatable bonds is 2. The molecule has 2 aromatic carbocycles. The predicted octanol–water partition coefficient (Wildman–Crippen LogP) is 4.60. The fourth-order valence-corrected chi connectivity index (χ4v) is 4.61. The molecule has 2 atom stereocenters. The van der Waals surface area contributed by atoms with Gasteiger partial charge < -0.3 is 5.11 Å². The molecule has 2 aromatic rings. The van der Waals surface area contributed by atoms with Gasteiger partial charge in [0.15, 0.2) is 11.4 Å². The number of benzene rings is 2. The molecule has 2 unspecified atom stereocenters. The first-order valence-corrected chi connectivity index (χ1v) is 8.36. The van der Waals surface area contributed by atoms with Gasteiger partial charge in [-0.15, -0.1) is 0 Å². The SMILES string of the molecule is CC1C(=O)[N+](c2cc(F)ccc2O)(C(C)C)Sc2ccccc21. The molecule has 5 heteroatoms. The van der Waals surface area contributed by atoms with Crippen LogP contribution in [0.3, 0.4) is 0 Å². The van der Waals surface area contributed by atoms with E-state index >= 15 is 0 Å². The number of carbonyl (C=O) groups excluding carboxylic acids is 1. The molecule has 0 spiro atoms. The Balaban J connectivity index is 2.27. The maximum absolute atomic E-state index is 13.8. The van der Waals surface area contributed by atoms with Gasteiger partial charge in [0.1, 0.15) is 23.8 Å². The number of amides is 1. The molecule has 1 aliphatic rings. The Morgan fingerprint density at radius 1 is 1.22 bits per heavy atom. The Bertz CT molecular complexity index is 777. The maximum Gasteiger partial charge on any atom is 0.338 e. The summed E-state index contributed by atoms with van der Waals surface area (Å²) >= 11 is 1.36. The highest BCUT2D eigenvalue weighted by molar-refractivity contribution is 7.99. The van der Waals surface area contributed by atoms with E-state index < -0.39 is 5.82 Å². The van der Waals surface area contributed by atoms with Gasteiger partial charge >= 0.3 is 5.91 Å². The molecule has 0 aromatic heterocycles. The van der Waals surface area contributed by atoms with Gasteiger partial charge in [-0.3, -0.25) is 0 Å². The molecular weight excluding hydrogens is 313 g/mol. The lowest BCUT2D eigenvalue weighted by Crippen LogP contribution is -2.56. The summed E-state index contributed by atoms with van der Waals surface area (Å²) in [6, 6.07) is 11.4. The highest BCUT2D eigenvalue weighted by Gasteiger charge is 2.53. The van der Waals surface area contributed by atoms with E-state index in [1.54, 1.807) is 0 Å². The molecule has 0 saturated heterocycles. The van der Waals surface area contributed by atoms with E-state index in [2.05, 4.69) is 0 Å². The number of nitrogens with zero attached hydrogens (tertiary/aromatic N) is 1. The van der Waals surface area contributed by atoms with Gasteiger partial charge in [-0.25, -0.2) is 9.18 Å². The van der Waals surface area contributed by atoms with Crippen molar-refractivity contribution >= 4 is 23.5 Å². The Hall–Kier alpha value is -1.85. The summed E-state index contributed by atoms with van der Waals surface area (Å²) < 4.78 is 13.7. The second kappa shape index (κ2) is 5.65. The zero-order valence-corrected chi connectivity index (χ0v) is 14.1. The third kappa shape index (κ3) is 2.35. The van der Waals surface area contributed by atoms with Crippen LogP contribution in [0.25, 0.3) is 0 Å². The van der Waals surface area contributed by atoms with Gasteiger partial charge in [-0.05, 0) is 44.5 Å². The minimum Gasteiger partial charge on any atom is -0.503 e. The second-order valence-electron chi connectivity index (χ2n) is 6.07. The van der Waals surface area contributed by atoms with Crippen LogP contribution in [-0.4, -0.2) is 17.1 Å². The molecule has 1 heterocycles. The molecule has 1 amide bonds. The predicted molar refractivity (Wildman–Crippen MR) is 90.7 cm³/mol. The normalized spacial score (nSPS) is 23.9. The van der Waals surface area contributed by atoms with Crippen molar-refractivity contribution in [2.45, 2.75) is 37.6 Å². The second-order valence-corrected chi connectivity index (χ2v) is 7.27. The van der Waals surface area contributed by atoms with Crippen LogP contribution in [0.15, 0.2) is 47.4 Å². The van der Waals surface area contributed by atoms with Crippen LogP contribution >= 0.6 is 11.9 Å². The number of hydrogen-bond donors (Lipinski definition) is 1. The van der Waals surface area contributed by atoms with Crippen LogP contribution in [0, 0.1) is 5.82 Å². The minimum absolute atomic E-state index is 0.0513. The van der Waals surface area contributed by atoms with E-state index in [1.165, 1.54) is 30.1 Å². The first-order valence-electron chi connectivity index (χ1n) is 7.58. The molecule has 0 radical (unpaired) electrons. The number of phenolic OH excluding ortho intramolecular Hbond substituents is 1. The van der Waals surface area contributed by atoms with Crippen molar-refractivity contribution in [2.24, 2.45) is 0 Å². The summed E-state index contributed by atoms with van der Waals surface area (Å²) in [5.41, 5.74) is 1.28. The smallest absolute Gasteiger partial charge is 0.338 e. The lowest BCUT2D eigenvalue weighted by molar-refractivity contribution is -0.128. The van der Waals surface area contributed by atoms with Gasteiger partial charge in [0.2, 0.25) is 0 Å². The molecule has 120 valence electrons. The Kier molecular flexibility index (Phi) is 3.94. The molecule has 23 heavy (non-hydrogen) atoms.